The van der Waals surface area contributed by atoms with E-state index in [2.05, 4.69) is 12.2 Å². The second-order valence-corrected chi connectivity index (χ2v) is 8.49. The predicted octanol–water partition coefficient (Wildman–Crippen LogP) is 2.72. The summed E-state index contributed by atoms with van der Waals surface area (Å²) in [6.07, 6.45) is 7.98. The van der Waals surface area contributed by atoms with Gasteiger partial charge < -0.3 is 5.32 Å². The molecule has 1 rings (SSSR count). The van der Waals surface area contributed by atoms with Gasteiger partial charge in [0.2, 0.25) is 0 Å². The van der Waals surface area contributed by atoms with E-state index in [1.807, 2.05) is 0 Å². The van der Waals surface area contributed by atoms with Crippen LogP contribution >= 0.6 is 10.8 Å². The van der Waals surface area contributed by atoms with E-state index in [1.165, 1.54) is 38.5 Å². The Hall–Kier alpha value is 0.220. The number of nitrogens with one attached hydrogen (secondary N) is 1. The number of rotatable bonds is 8. The van der Waals surface area contributed by atoms with Gasteiger partial charge in [0.25, 0.3) is 0 Å². The quantitative estimate of drug-likeness (QED) is 0.409. The minimum Gasteiger partial charge on any atom is -0.316 e. The summed E-state index contributed by atoms with van der Waals surface area (Å²) >= 11 is 0. The molecule has 0 aliphatic heterocycles. The van der Waals surface area contributed by atoms with Gasteiger partial charge in [-0.15, -0.1) is 0 Å². The van der Waals surface area contributed by atoms with Gasteiger partial charge in [-0.1, -0.05) is 45.4 Å². The molecule has 0 aromatic rings. The molecule has 0 saturated heterocycles. The van der Waals surface area contributed by atoms with Crippen LogP contribution in [-0.2, 0) is 9.15 Å². The molecule has 2 N–H and O–H groups in total. The molecule has 6 heteroatoms. The first-order chi connectivity index (χ1) is 8.53. The van der Waals surface area contributed by atoms with E-state index < -0.39 is 9.15 Å². The highest BCUT2D eigenvalue weighted by atomic mass is 33.1. The molecule has 0 aromatic carbocycles. The third-order valence-corrected chi connectivity index (χ3v) is 5.82. The maximum atomic E-state index is 10.5. The summed E-state index contributed by atoms with van der Waals surface area (Å²) in [5.41, 5.74) is 0. The lowest BCUT2D eigenvalue weighted by Gasteiger charge is -2.29. The second-order valence-electron chi connectivity index (χ2n) is 5.02. The van der Waals surface area contributed by atoms with Crippen molar-refractivity contribution in [2.24, 2.45) is 11.8 Å². The first kappa shape index (κ1) is 16.3. The molecular formula is C12H25NO3S2. The largest absolute Gasteiger partial charge is 0.319 e. The van der Waals surface area contributed by atoms with Gasteiger partial charge in [0.1, 0.15) is 0 Å². The van der Waals surface area contributed by atoms with E-state index in [0.29, 0.717) is 29.0 Å². The van der Waals surface area contributed by atoms with Crippen LogP contribution in [-0.4, -0.2) is 31.8 Å². The molecule has 108 valence electrons. The van der Waals surface area contributed by atoms with Gasteiger partial charge in [0, 0.05) is 12.3 Å². The molecule has 18 heavy (non-hydrogen) atoms. The van der Waals surface area contributed by atoms with E-state index in [-0.39, 0.29) is 0 Å². The van der Waals surface area contributed by atoms with Crippen LogP contribution in [0.25, 0.3) is 0 Å². The fourth-order valence-electron chi connectivity index (χ4n) is 2.76. The third kappa shape index (κ3) is 6.97. The van der Waals surface area contributed by atoms with Crippen molar-refractivity contribution in [2.75, 3.05) is 18.8 Å². The Morgan fingerprint density at radius 2 is 2.00 bits per heavy atom. The lowest BCUT2D eigenvalue weighted by atomic mass is 9.79. The number of hydrogen-bond donors (Lipinski definition) is 2. The van der Waals surface area contributed by atoms with Crippen LogP contribution in [0.5, 0.6) is 0 Å². The second kappa shape index (κ2) is 8.40. The van der Waals surface area contributed by atoms with Crippen molar-refractivity contribution in [2.45, 2.75) is 45.4 Å². The Labute approximate surface area is 114 Å². The van der Waals surface area contributed by atoms with Crippen LogP contribution in [0.3, 0.4) is 0 Å². The summed E-state index contributed by atoms with van der Waals surface area (Å²) in [5, 5.41) is 3.31. The smallest absolute Gasteiger partial charge is 0.316 e. The van der Waals surface area contributed by atoms with Crippen LogP contribution < -0.4 is 5.32 Å². The van der Waals surface area contributed by atoms with Gasteiger partial charge in [-0.25, -0.2) is 0 Å². The molecule has 0 aromatic heterocycles. The summed E-state index contributed by atoms with van der Waals surface area (Å²) in [5.74, 6) is 1.95. The maximum Gasteiger partial charge on any atom is 0.319 e. The van der Waals surface area contributed by atoms with Gasteiger partial charge in [-0.05, 0) is 29.2 Å². The molecule has 0 bridgehead atoms. The van der Waals surface area contributed by atoms with Crippen molar-refractivity contribution < 1.29 is 13.0 Å². The topological polar surface area (TPSA) is 66.4 Å². The molecule has 1 saturated carbocycles. The van der Waals surface area contributed by atoms with Gasteiger partial charge >= 0.3 is 9.15 Å². The highest BCUT2D eigenvalue weighted by molar-refractivity contribution is 8.69. The van der Waals surface area contributed by atoms with Crippen molar-refractivity contribution in [3.05, 3.63) is 0 Å². The van der Waals surface area contributed by atoms with Crippen LogP contribution in [0.15, 0.2) is 0 Å². The van der Waals surface area contributed by atoms with Crippen molar-refractivity contribution in [3.8, 4) is 0 Å². The Morgan fingerprint density at radius 3 is 2.56 bits per heavy atom. The van der Waals surface area contributed by atoms with Crippen LogP contribution in [0.1, 0.15) is 45.4 Å². The SMILES string of the molecule is CCC(CNCCSS(=O)(=O)O)C1CCCCC1. The van der Waals surface area contributed by atoms with Crippen molar-refractivity contribution in [1.29, 1.82) is 0 Å². The first-order valence-corrected chi connectivity index (χ1v) is 9.79. The summed E-state index contributed by atoms with van der Waals surface area (Å²) in [4.78, 5) is 0. The van der Waals surface area contributed by atoms with Gasteiger partial charge in [0.05, 0.1) is 0 Å². The predicted molar refractivity (Wildman–Crippen MR) is 77.2 cm³/mol. The average molecular weight is 295 g/mol. The van der Waals surface area contributed by atoms with Gasteiger partial charge in [-0.3, -0.25) is 4.55 Å². The van der Waals surface area contributed by atoms with Crippen LogP contribution in [0.2, 0.25) is 0 Å². The molecule has 0 radical (unpaired) electrons. The molecule has 1 aliphatic rings. The van der Waals surface area contributed by atoms with Crippen molar-refractivity contribution in [1.82, 2.24) is 5.32 Å². The minimum atomic E-state index is -3.87. The van der Waals surface area contributed by atoms with E-state index in [9.17, 15) is 8.42 Å². The lowest BCUT2D eigenvalue weighted by Crippen LogP contribution is -2.30. The molecule has 1 unspecified atom stereocenters. The van der Waals surface area contributed by atoms with Crippen LogP contribution in [0, 0.1) is 11.8 Å². The third-order valence-electron chi connectivity index (χ3n) is 3.76. The molecular weight excluding hydrogens is 270 g/mol. The van der Waals surface area contributed by atoms with Gasteiger partial charge in [-0.2, -0.15) is 8.42 Å². The van der Waals surface area contributed by atoms with E-state index in [1.54, 1.807) is 0 Å². The molecule has 1 fully saturated rings. The fraction of sp³-hybridized carbons (Fsp3) is 1.00. The molecule has 0 amide bonds. The molecule has 4 nitrogen and oxygen atoms in total. The van der Waals surface area contributed by atoms with E-state index in [4.69, 9.17) is 4.55 Å². The monoisotopic (exact) mass is 295 g/mol. The summed E-state index contributed by atoms with van der Waals surface area (Å²) in [7, 11) is -3.28. The summed E-state index contributed by atoms with van der Waals surface area (Å²) in [6.45, 7) is 3.83. The number of hydrogen-bond acceptors (Lipinski definition) is 4. The lowest BCUT2D eigenvalue weighted by molar-refractivity contribution is 0.236. The zero-order chi connectivity index (χ0) is 13.4. The Morgan fingerprint density at radius 1 is 1.33 bits per heavy atom. The minimum absolute atomic E-state index is 0.403. The fourth-order valence-corrected chi connectivity index (χ4v) is 4.08. The standard InChI is InChI=1S/C12H25NO3S2/c1-2-11(12-6-4-3-5-7-12)10-13-8-9-17-18(14,15)16/h11-13H,2-10H2,1H3,(H,14,15,16). The molecule has 0 spiro atoms. The Kier molecular flexibility index (Phi) is 7.60. The molecule has 0 heterocycles. The highest BCUT2D eigenvalue weighted by Crippen LogP contribution is 2.31. The van der Waals surface area contributed by atoms with Gasteiger partial charge in [0.15, 0.2) is 0 Å². The van der Waals surface area contributed by atoms with Crippen molar-refractivity contribution in [3.63, 3.8) is 0 Å². The summed E-state index contributed by atoms with van der Waals surface area (Å²) < 4.78 is 29.6. The molecule has 1 atom stereocenters. The maximum absolute atomic E-state index is 10.5. The highest BCUT2D eigenvalue weighted by Gasteiger charge is 2.21. The van der Waals surface area contributed by atoms with Crippen molar-refractivity contribution >= 4 is 19.9 Å². The Balaban J connectivity index is 2.15. The summed E-state index contributed by atoms with van der Waals surface area (Å²) in [6, 6.07) is 0. The zero-order valence-electron chi connectivity index (χ0n) is 11.1. The molecule has 1 aliphatic carbocycles. The van der Waals surface area contributed by atoms with E-state index in [0.717, 1.165) is 12.5 Å². The zero-order valence-corrected chi connectivity index (χ0v) is 12.7. The normalized spacial score (nSPS) is 19.9. The van der Waals surface area contributed by atoms with E-state index >= 15 is 0 Å². The first-order valence-electron chi connectivity index (χ1n) is 6.85. The average Bonchev–Trinajstić information content (AvgIpc) is 2.33. The van der Waals surface area contributed by atoms with Crippen LogP contribution in [0.4, 0.5) is 0 Å². The Bertz CT molecular complexity index is 313.